The molecule has 0 spiro atoms. The molecule has 0 aliphatic heterocycles. The maximum absolute atomic E-state index is 12.0. The summed E-state index contributed by atoms with van der Waals surface area (Å²) in [5.41, 5.74) is 7.75. The average Bonchev–Trinajstić information content (AvgIpc) is 2.43. The summed E-state index contributed by atoms with van der Waals surface area (Å²) >= 11 is 3.44. The number of carbonyl (C=O) groups is 1. The molecule has 4 nitrogen and oxygen atoms in total. The van der Waals surface area contributed by atoms with Crippen molar-refractivity contribution in [1.82, 2.24) is 4.98 Å². The van der Waals surface area contributed by atoms with Crippen LogP contribution in [0.15, 0.2) is 47.1 Å². The number of anilines is 1. The zero-order valence-corrected chi connectivity index (χ0v) is 11.9. The third-order valence-corrected chi connectivity index (χ3v) is 3.27. The van der Waals surface area contributed by atoms with Crippen LogP contribution in [0.1, 0.15) is 16.1 Å². The van der Waals surface area contributed by atoms with Gasteiger partial charge in [0.15, 0.2) is 0 Å². The lowest BCUT2D eigenvalue weighted by Gasteiger charge is -2.08. The summed E-state index contributed by atoms with van der Waals surface area (Å²) in [5.74, 6) is -0.229. The number of benzene rings is 1. The Balaban J connectivity index is 2.13. The van der Waals surface area contributed by atoms with Gasteiger partial charge in [-0.3, -0.25) is 9.78 Å². The van der Waals surface area contributed by atoms with Crippen molar-refractivity contribution in [2.75, 3.05) is 11.9 Å². The summed E-state index contributed by atoms with van der Waals surface area (Å²) in [6.07, 6.45) is 2.40. The number of nitrogens with two attached hydrogens (primary N) is 1. The molecule has 1 aromatic carbocycles. The maximum Gasteiger partial charge on any atom is 0.274 e. The minimum Gasteiger partial charge on any atom is -0.330 e. The zero-order chi connectivity index (χ0) is 13.7. The molecule has 0 atom stereocenters. The molecular formula is C14H14BrN3O. The van der Waals surface area contributed by atoms with Crippen LogP contribution < -0.4 is 11.1 Å². The molecule has 1 aromatic heterocycles. The molecule has 2 rings (SSSR count). The standard InChI is InChI=1S/C14H14BrN3O/c15-11-9-10(6-7-16)4-5-12(11)18-14(19)13-3-1-2-8-17-13/h1-5,8-9H,6-7,16H2,(H,18,19). The van der Waals surface area contributed by atoms with Crippen LogP contribution >= 0.6 is 15.9 Å². The van der Waals surface area contributed by atoms with Crippen LogP contribution in [0.2, 0.25) is 0 Å². The molecule has 0 unspecified atom stereocenters. The molecule has 3 N–H and O–H groups in total. The highest BCUT2D eigenvalue weighted by Crippen LogP contribution is 2.24. The fourth-order valence-corrected chi connectivity index (χ4v) is 2.19. The Bertz CT molecular complexity index is 572. The van der Waals surface area contributed by atoms with Crippen LogP contribution in [-0.2, 0) is 6.42 Å². The lowest BCUT2D eigenvalue weighted by Crippen LogP contribution is -2.13. The number of halogens is 1. The van der Waals surface area contributed by atoms with E-state index in [1.807, 2.05) is 18.2 Å². The predicted octanol–water partition coefficient (Wildman–Crippen LogP) is 2.60. The van der Waals surface area contributed by atoms with Crippen molar-refractivity contribution in [1.29, 1.82) is 0 Å². The van der Waals surface area contributed by atoms with E-state index < -0.39 is 0 Å². The van der Waals surface area contributed by atoms with E-state index in [2.05, 4.69) is 26.2 Å². The molecule has 1 heterocycles. The van der Waals surface area contributed by atoms with Gasteiger partial charge in [0.1, 0.15) is 5.69 Å². The van der Waals surface area contributed by atoms with Crippen LogP contribution in [0, 0.1) is 0 Å². The molecule has 19 heavy (non-hydrogen) atoms. The molecule has 0 saturated carbocycles. The number of aromatic nitrogens is 1. The monoisotopic (exact) mass is 319 g/mol. The molecule has 0 bridgehead atoms. The first kappa shape index (κ1) is 13.7. The van der Waals surface area contributed by atoms with Crippen molar-refractivity contribution < 1.29 is 4.79 Å². The fourth-order valence-electron chi connectivity index (χ4n) is 1.67. The quantitative estimate of drug-likeness (QED) is 0.910. The Morgan fingerprint density at radius 1 is 1.32 bits per heavy atom. The number of pyridine rings is 1. The Morgan fingerprint density at radius 3 is 2.79 bits per heavy atom. The Hall–Kier alpha value is -1.72. The number of carbonyl (C=O) groups excluding carboxylic acids is 1. The molecule has 98 valence electrons. The van der Waals surface area contributed by atoms with Gasteiger partial charge >= 0.3 is 0 Å². The topological polar surface area (TPSA) is 68.0 Å². The van der Waals surface area contributed by atoms with Crippen LogP contribution in [0.5, 0.6) is 0 Å². The second-order valence-electron chi connectivity index (χ2n) is 4.02. The second-order valence-corrected chi connectivity index (χ2v) is 4.88. The number of hydrogen-bond donors (Lipinski definition) is 2. The number of rotatable bonds is 4. The minimum atomic E-state index is -0.229. The fraction of sp³-hybridized carbons (Fsp3) is 0.143. The van der Waals surface area contributed by atoms with Crippen LogP contribution in [0.4, 0.5) is 5.69 Å². The van der Waals surface area contributed by atoms with E-state index in [-0.39, 0.29) is 5.91 Å². The van der Waals surface area contributed by atoms with Gasteiger partial charge in [-0.05, 0) is 58.7 Å². The maximum atomic E-state index is 12.0. The van der Waals surface area contributed by atoms with Gasteiger partial charge in [-0.1, -0.05) is 12.1 Å². The largest absolute Gasteiger partial charge is 0.330 e. The van der Waals surface area contributed by atoms with Gasteiger partial charge in [0.05, 0.1) is 5.69 Å². The number of nitrogens with one attached hydrogen (secondary N) is 1. The summed E-state index contributed by atoms with van der Waals surface area (Å²) in [5, 5.41) is 2.82. The van der Waals surface area contributed by atoms with Gasteiger partial charge in [0, 0.05) is 10.7 Å². The van der Waals surface area contributed by atoms with Crippen molar-refractivity contribution in [3.63, 3.8) is 0 Å². The first-order valence-electron chi connectivity index (χ1n) is 5.91. The molecule has 0 aliphatic carbocycles. The lowest BCUT2D eigenvalue weighted by atomic mass is 10.1. The normalized spacial score (nSPS) is 10.2. The van der Waals surface area contributed by atoms with Crippen molar-refractivity contribution in [2.24, 2.45) is 5.73 Å². The molecule has 0 radical (unpaired) electrons. The number of hydrogen-bond acceptors (Lipinski definition) is 3. The van der Waals surface area contributed by atoms with Gasteiger partial charge in [-0.15, -0.1) is 0 Å². The first-order valence-corrected chi connectivity index (χ1v) is 6.71. The van der Waals surface area contributed by atoms with Crippen molar-refractivity contribution in [3.05, 3.63) is 58.3 Å². The molecular weight excluding hydrogens is 306 g/mol. The Labute approximate surface area is 120 Å². The van der Waals surface area contributed by atoms with E-state index in [1.54, 1.807) is 24.4 Å². The Kier molecular flexibility index (Phi) is 4.65. The highest BCUT2D eigenvalue weighted by Gasteiger charge is 2.09. The minimum absolute atomic E-state index is 0.229. The summed E-state index contributed by atoms with van der Waals surface area (Å²) in [4.78, 5) is 16.0. The van der Waals surface area contributed by atoms with E-state index >= 15 is 0 Å². The highest BCUT2D eigenvalue weighted by molar-refractivity contribution is 9.10. The van der Waals surface area contributed by atoms with Crippen LogP contribution in [-0.4, -0.2) is 17.4 Å². The third kappa shape index (κ3) is 3.62. The van der Waals surface area contributed by atoms with E-state index in [9.17, 15) is 4.79 Å². The number of nitrogens with zero attached hydrogens (tertiary/aromatic N) is 1. The first-order chi connectivity index (χ1) is 9.20. The Morgan fingerprint density at radius 2 is 2.16 bits per heavy atom. The highest BCUT2D eigenvalue weighted by atomic mass is 79.9. The molecule has 2 aromatic rings. The van der Waals surface area contributed by atoms with Gasteiger partial charge in [-0.25, -0.2) is 0 Å². The van der Waals surface area contributed by atoms with E-state index in [0.717, 1.165) is 22.1 Å². The van der Waals surface area contributed by atoms with Crippen molar-refractivity contribution in [3.8, 4) is 0 Å². The summed E-state index contributed by atoms with van der Waals surface area (Å²) in [6, 6.07) is 11.0. The summed E-state index contributed by atoms with van der Waals surface area (Å²) in [6.45, 7) is 0.603. The third-order valence-electron chi connectivity index (χ3n) is 2.61. The van der Waals surface area contributed by atoms with Crippen LogP contribution in [0.25, 0.3) is 0 Å². The molecule has 0 aliphatic rings. The van der Waals surface area contributed by atoms with Crippen molar-refractivity contribution >= 4 is 27.5 Å². The van der Waals surface area contributed by atoms with E-state index in [4.69, 9.17) is 5.73 Å². The molecule has 0 saturated heterocycles. The number of amides is 1. The predicted molar refractivity (Wildman–Crippen MR) is 79.1 cm³/mol. The molecule has 1 amide bonds. The van der Waals surface area contributed by atoms with E-state index in [0.29, 0.717) is 12.2 Å². The average molecular weight is 320 g/mol. The molecule has 0 fully saturated rings. The van der Waals surface area contributed by atoms with Crippen molar-refractivity contribution in [2.45, 2.75) is 6.42 Å². The van der Waals surface area contributed by atoms with Gasteiger partial charge in [0.25, 0.3) is 5.91 Å². The summed E-state index contributed by atoms with van der Waals surface area (Å²) < 4.78 is 0.836. The van der Waals surface area contributed by atoms with E-state index in [1.165, 1.54) is 0 Å². The van der Waals surface area contributed by atoms with Gasteiger partial charge < -0.3 is 11.1 Å². The van der Waals surface area contributed by atoms with Crippen LogP contribution in [0.3, 0.4) is 0 Å². The smallest absolute Gasteiger partial charge is 0.274 e. The van der Waals surface area contributed by atoms with Gasteiger partial charge in [-0.2, -0.15) is 0 Å². The van der Waals surface area contributed by atoms with Gasteiger partial charge in [0.2, 0.25) is 0 Å². The summed E-state index contributed by atoms with van der Waals surface area (Å²) in [7, 11) is 0. The zero-order valence-electron chi connectivity index (χ0n) is 10.3. The molecule has 5 heteroatoms. The lowest BCUT2D eigenvalue weighted by molar-refractivity contribution is 0.102. The second kappa shape index (κ2) is 6.45. The SMILES string of the molecule is NCCc1ccc(NC(=O)c2ccccn2)c(Br)c1.